The van der Waals surface area contributed by atoms with E-state index >= 15 is 0 Å². The van der Waals surface area contributed by atoms with Crippen molar-refractivity contribution in [3.05, 3.63) is 12.2 Å². The molecule has 0 fully saturated rings. The van der Waals surface area contributed by atoms with Gasteiger partial charge in [-0.2, -0.15) is 0 Å². The zero-order valence-electron chi connectivity index (χ0n) is 7.06. The van der Waals surface area contributed by atoms with E-state index in [0.29, 0.717) is 6.61 Å². The zero-order chi connectivity index (χ0) is 8.91. The van der Waals surface area contributed by atoms with E-state index in [2.05, 4.69) is 4.74 Å². The first-order valence-electron chi connectivity index (χ1n) is 3.50. The van der Waals surface area contributed by atoms with E-state index in [4.69, 9.17) is 11.6 Å². The number of allylic oxidation sites excluding steroid dienone is 1. The van der Waals surface area contributed by atoms with Crippen LogP contribution in [-0.4, -0.2) is 17.5 Å². The molecule has 0 spiro atoms. The van der Waals surface area contributed by atoms with Crippen molar-refractivity contribution in [1.29, 1.82) is 0 Å². The van der Waals surface area contributed by atoms with Crippen LogP contribution in [0.3, 0.4) is 0 Å². The van der Waals surface area contributed by atoms with Crippen LogP contribution >= 0.6 is 11.6 Å². The average Bonchev–Trinajstić information content (AvgIpc) is 1.83. The van der Waals surface area contributed by atoms with Gasteiger partial charge in [0.05, 0.1) is 11.5 Å². The molecule has 0 aromatic heterocycles. The van der Waals surface area contributed by atoms with E-state index in [1.807, 2.05) is 0 Å². The maximum Gasteiger partial charge on any atom is 0.330 e. The van der Waals surface area contributed by atoms with Gasteiger partial charge in [0, 0.05) is 6.08 Å². The highest BCUT2D eigenvalue weighted by atomic mass is 35.5. The van der Waals surface area contributed by atoms with Crippen molar-refractivity contribution < 1.29 is 9.53 Å². The molecule has 0 aromatic carbocycles. The monoisotopic (exact) mass is 176 g/mol. The summed E-state index contributed by atoms with van der Waals surface area (Å²) in [6.07, 6.45) is 2.95. The van der Waals surface area contributed by atoms with Crippen molar-refractivity contribution in [3.8, 4) is 0 Å². The van der Waals surface area contributed by atoms with Gasteiger partial charge < -0.3 is 4.74 Å². The van der Waals surface area contributed by atoms with Crippen LogP contribution in [0.4, 0.5) is 0 Å². The normalized spacial score (nSPS) is 12.0. The van der Waals surface area contributed by atoms with Gasteiger partial charge in [-0.05, 0) is 20.8 Å². The lowest BCUT2D eigenvalue weighted by molar-refractivity contribution is -0.137. The minimum absolute atomic E-state index is 0.346. The molecule has 0 rings (SSSR count). The Hall–Kier alpha value is -0.500. The van der Waals surface area contributed by atoms with Gasteiger partial charge in [0.1, 0.15) is 0 Å². The Morgan fingerprint density at radius 3 is 2.55 bits per heavy atom. The summed E-state index contributed by atoms with van der Waals surface area (Å²) in [5.74, 6) is -0.346. The quantitative estimate of drug-likeness (QED) is 0.374. The van der Waals surface area contributed by atoms with Gasteiger partial charge in [-0.3, -0.25) is 0 Å². The molecule has 0 amide bonds. The van der Waals surface area contributed by atoms with E-state index in [9.17, 15) is 4.79 Å². The van der Waals surface area contributed by atoms with Crippen molar-refractivity contribution >= 4 is 17.6 Å². The molecule has 0 unspecified atom stereocenters. The highest BCUT2D eigenvalue weighted by molar-refractivity contribution is 6.24. The Balaban J connectivity index is 3.83. The molecule has 0 heterocycles. The van der Waals surface area contributed by atoms with Gasteiger partial charge in [0.2, 0.25) is 0 Å². The van der Waals surface area contributed by atoms with Crippen LogP contribution in [0.5, 0.6) is 0 Å². The lowest BCUT2D eigenvalue weighted by atomic mass is 10.2. The van der Waals surface area contributed by atoms with Gasteiger partial charge in [-0.25, -0.2) is 4.79 Å². The van der Waals surface area contributed by atoms with Gasteiger partial charge in [0.25, 0.3) is 0 Å². The summed E-state index contributed by atoms with van der Waals surface area (Å²) in [6.45, 7) is 5.75. The van der Waals surface area contributed by atoms with Crippen LogP contribution < -0.4 is 0 Å². The van der Waals surface area contributed by atoms with Crippen LogP contribution in [0.2, 0.25) is 0 Å². The molecule has 0 aromatic rings. The van der Waals surface area contributed by atoms with E-state index in [0.717, 1.165) is 0 Å². The van der Waals surface area contributed by atoms with Gasteiger partial charge in [-0.1, -0.05) is 6.08 Å². The SMILES string of the molecule is CCOC(=O)/C=C/C(C)(C)Cl. The largest absolute Gasteiger partial charge is 0.463 e. The molecular weight excluding hydrogens is 164 g/mol. The summed E-state index contributed by atoms with van der Waals surface area (Å²) in [5, 5.41) is 0. The molecule has 64 valence electrons. The van der Waals surface area contributed by atoms with Crippen molar-refractivity contribution in [2.24, 2.45) is 0 Å². The van der Waals surface area contributed by atoms with Gasteiger partial charge in [-0.15, -0.1) is 11.6 Å². The third-order valence-corrected chi connectivity index (χ3v) is 1.03. The number of hydrogen-bond donors (Lipinski definition) is 0. The first kappa shape index (κ1) is 10.5. The number of hydrogen-bond acceptors (Lipinski definition) is 2. The Morgan fingerprint density at radius 1 is 1.64 bits per heavy atom. The number of esters is 1. The molecule has 0 radical (unpaired) electrons. The fraction of sp³-hybridized carbons (Fsp3) is 0.625. The minimum Gasteiger partial charge on any atom is -0.463 e. The van der Waals surface area contributed by atoms with Crippen LogP contribution in [0.15, 0.2) is 12.2 Å². The summed E-state index contributed by atoms with van der Waals surface area (Å²) >= 11 is 5.78. The van der Waals surface area contributed by atoms with Crippen molar-refractivity contribution in [2.75, 3.05) is 6.61 Å². The number of rotatable bonds is 3. The van der Waals surface area contributed by atoms with Crippen molar-refractivity contribution in [2.45, 2.75) is 25.6 Å². The predicted molar refractivity (Wildman–Crippen MR) is 45.7 cm³/mol. The topological polar surface area (TPSA) is 26.3 Å². The van der Waals surface area contributed by atoms with Crippen LogP contribution in [-0.2, 0) is 9.53 Å². The zero-order valence-corrected chi connectivity index (χ0v) is 7.81. The number of alkyl halides is 1. The van der Waals surface area contributed by atoms with Crippen LogP contribution in [0.1, 0.15) is 20.8 Å². The fourth-order valence-electron chi connectivity index (χ4n) is 0.457. The molecule has 0 bridgehead atoms. The highest BCUT2D eigenvalue weighted by Crippen LogP contribution is 2.13. The molecule has 0 aliphatic carbocycles. The van der Waals surface area contributed by atoms with E-state index in [-0.39, 0.29) is 5.97 Å². The lowest BCUT2D eigenvalue weighted by Gasteiger charge is -2.07. The first-order chi connectivity index (χ1) is 4.95. The minimum atomic E-state index is -0.479. The number of halogens is 1. The molecular formula is C8H13ClO2. The van der Waals surface area contributed by atoms with Crippen molar-refractivity contribution in [1.82, 2.24) is 0 Å². The van der Waals surface area contributed by atoms with Crippen LogP contribution in [0.25, 0.3) is 0 Å². The average molecular weight is 177 g/mol. The molecule has 0 saturated heterocycles. The maximum atomic E-state index is 10.7. The third-order valence-electron chi connectivity index (χ3n) is 0.902. The van der Waals surface area contributed by atoms with Crippen LogP contribution in [0, 0.1) is 0 Å². The number of ether oxygens (including phenoxy) is 1. The summed E-state index contributed by atoms with van der Waals surface area (Å²) in [6, 6.07) is 0. The van der Waals surface area contributed by atoms with Gasteiger partial charge >= 0.3 is 5.97 Å². The summed E-state index contributed by atoms with van der Waals surface area (Å²) in [5.41, 5.74) is 0. The third kappa shape index (κ3) is 7.40. The highest BCUT2D eigenvalue weighted by Gasteiger charge is 2.07. The predicted octanol–water partition coefficient (Wildman–Crippen LogP) is 2.12. The molecule has 2 nitrogen and oxygen atoms in total. The summed E-state index contributed by atoms with van der Waals surface area (Å²) in [4.78, 5) is 10.2. The molecule has 3 heteroatoms. The molecule has 0 aliphatic heterocycles. The molecule has 0 N–H and O–H groups in total. The van der Waals surface area contributed by atoms with E-state index < -0.39 is 4.87 Å². The van der Waals surface area contributed by atoms with E-state index in [1.54, 1.807) is 26.8 Å². The fourth-order valence-corrected chi connectivity index (χ4v) is 0.520. The number of carbonyl (C=O) groups is 1. The number of carbonyl (C=O) groups excluding carboxylic acids is 1. The second kappa shape index (κ2) is 4.39. The van der Waals surface area contributed by atoms with E-state index in [1.165, 1.54) is 6.08 Å². The maximum absolute atomic E-state index is 10.7. The second-order valence-electron chi connectivity index (χ2n) is 2.65. The lowest BCUT2D eigenvalue weighted by Crippen LogP contribution is -2.07. The Bertz CT molecular complexity index is 156. The Labute approximate surface area is 72.2 Å². The first-order valence-corrected chi connectivity index (χ1v) is 3.88. The second-order valence-corrected chi connectivity index (χ2v) is 3.62. The summed E-state index contributed by atoms with van der Waals surface area (Å²) < 4.78 is 4.65. The van der Waals surface area contributed by atoms with Crippen molar-refractivity contribution in [3.63, 3.8) is 0 Å². The Kier molecular flexibility index (Phi) is 4.19. The Morgan fingerprint density at radius 2 is 2.18 bits per heavy atom. The smallest absolute Gasteiger partial charge is 0.330 e. The summed E-state index contributed by atoms with van der Waals surface area (Å²) in [7, 11) is 0. The molecule has 0 atom stereocenters. The molecule has 0 aliphatic rings. The molecule has 11 heavy (non-hydrogen) atoms. The molecule has 0 saturated carbocycles. The van der Waals surface area contributed by atoms with Gasteiger partial charge in [0.15, 0.2) is 0 Å². The standard InChI is InChI=1S/C8H13ClO2/c1-4-11-7(10)5-6-8(2,3)9/h5-6H,4H2,1-3H3/b6-5+.